The summed E-state index contributed by atoms with van der Waals surface area (Å²) < 4.78 is 27.5. The van der Waals surface area contributed by atoms with Crippen LogP contribution >= 0.6 is 0 Å². The molecule has 1 aliphatic heterocycles. The zero-order chi connectivity index (χ0) is 24.2. The summed E-state index contributed by atoms with van der Waals surface area (Å²) in [6.45, 7) is 2.78. The van der Waals surface area contributed by atoms with Crippen LogP contribution in [0.3, 0.4) is 0 Å². The fraction of sp³-hybridized carbons (Fsp3) is 0.269. The molecule has 1 atom stereocenters. The van der Waals surface area contributed by atoms with Crippen LogP contribution in [0.1, 0.15) is 33.2 Å². The minimum Gasteiger partial charge on any atom is -0.493 e. The molecule has 0 radical (unpaired) electrons. The molecule has 3 aromatic rings. The SMILES string of the molecule is COc1cc(C(=O)Nc2cc3c(cc2[C@H](O)c2ccc(C)cc2)OCCO3)cc(OC)c1OC. The van der Waals surface area contributed by atoms with E-state index in [2.05, 4.69) is 5.32 Å². The number of anilines is 1. The predicted octanol–water partition coefficient (Wildman–Crippen LogP) is 4.13. The van der Waals surface area contributed by atoms with Crippen molar-refractivity contribution in [2.24, 2.45) is 0 Å². The molecule has 8 heteroatoms. The third-order valence-electron chi connectivity index (χ3n) is 5.58. The van der Waals surface area contributed by atoms with E-state index in [1.54, 1.807) is 24.3 Å². The first-order valence-corrected chi connectivity index (χ1v) is 10.7. The first-order chi connectivity index (χ1) is 16.4. The summed E-state index contributed by atoms with van der Waals surface area (Å²) in [6.07, 6.45) is -0.994. The third-order valence-corrected chi connectivity index (χ3v) is 5.58. The fourth-order valence-electron chi connectivity index (χ4n) is 3.77. The Kier molecular flexibility index (Phi) is 6.79. The van der Waals surface area contributed by atoms with Gasteiger partial charge in [-0.15, -0.1) is 0 Å². The topological polar surface area (TPSA) is 95.5 Å². The molecule has 0 saturated heterocycles. The van der Waals surface area contributed by atoms with Gasteiger partial charge < -0.3 is 34.1 Å². The summed E-state index contributed by atoms with van der Waals surface area (Å²) in [6, 6.07) is 14.0. The van der Waals surface area contributed by atoms with E-state index in [0.717, 1.165) is 5.56 Å². The van der Waals surface area contributed by atoms with E-state index >= 15 is 0 Å². The quantitative estimate of drug-likeness (QED) is 0.542. The second-order valence-corrected chi connectivity index (χ2v) is 7.76. The minimum absolute atomic E-state index is 0.292. The number of hydrogen-bond acceptors (Lipinski definition) is 7. The van der Waals surface area contributed by atoms with E-state index in [4.69, 9.17) is 23.7 Å². The highest BCUT2D eigenvalue weighted by Gasteiger charge is 2.24. The first-order valence-electron chi connectivity index (χ1n) is 10.7. The summed E-state index contributed by atoms with van der Waals surface area (Å²) in [4.78, 5) is 13.3. The number of fused-ring (bicyclic) bond motifs is 1. The number of nitrogens with one attached hydrogen (secondary N) is 1. The Morgan fingerprint density at radius 2 is 1.50 bits per heavy atom. The monoisotopic (exact) mass is 465 g/mol. The van der Waals surface area contributed by atoms with Crippen molar-refractivity contribution in [1.29, 1.82) is 0 Å². The van der Waals surface area contributed by atoms with Crippen LogP contribution in [0.25, 0.3) is 0 Å². The standard InChI is InChI=1S/C26H27NO7/c1-15-5-7-16(8-6-15)24(28)18-13-20-21(34-10-9-33-20)14-19(18)27-26(29)17-11-22(30-2)25(32-4)23(12-17)31-3/h5-8,11-14,24,28H,9-10H2,1-4H3,(H,27,29)/t24-/m1/s1. The van der Waals surface area contributed by atoms with Gasteiger partial charge in [0.15, 0.2) is 23.0 Å². The van der Waals surface area contributed by atoms with Crippen LogP contribution in [-0.4, -0.2) is 45.6 Å². The number of ether oxygens (including phenoxy) is 5. The smallest absolute Gasteiger partial charge is 0.255 e. The highest BCUT2D eigenvalue weighted by molar-refractivity contribution is 6.05. The van der Waals surface area contributed by atoms with Gasteiger partial charge in [-0.25, -0.2) is 0 Å². The van der Waals surface area contributed by atoms with Crippen molar-refractivity contribution in [3.8, 4) is 28.7 Å². The molecule has 0 aromatic heterocycles. The molecule has 3 aromatic carbocycles. The van der Waals surface area contributed by atoms with E-state index in [1.807, 2.05) is 31.2 Å². The molecule has 0 unspecified atom stereocenters. The second-order valence-electron chi connectivity index (χ2n) is 7.76. The van der Waals surface area contributed by atoms with Crippen molar-refractivity contribution in [2.75, 3.05) is 39.9 Å². The van der Waals surface area contributed by atoms with Gasteiger partial charge in [-0.3, -0.25) is 4.79 Å². The number of aliphatic hydroxyl groups is 1. The lowest BCUT2D eigenvalue weighted by atomic mass is 9.98. The first kappa shape index (κ1) is 23.3. The Morgan fingerprint density at radius 1 is 0.912 bits per heavy atom. The molecule has 1 heterocycles. The summed E-state index contributed by atoms with van der Waals surface area (Å²) in [5.41, 5.74) is 2.93. The van der Waals surface area contributed by atoms with Gasteiger partial charge in [-0.2, -0.15) is 0 Å². The summed E-state index contributed by atoms with van der Waals surface area (Å²) in [5.74, 6) is 1.68. The Morgan fingerprint density at radius 3 is 2.06 bits per heavy atom. The summed E-state index contributed by atoms with van der Waals surface area (Å²) in [5, 5.41) is 14.1. The van der Waals surface area contributed by atoms with Crippen molar-refractivity contribution in [3.05, 3.63) is 70.8 Å². The van der Waals surface area contributed by atoms with Gasteiger partial charge in [0.1, 0.15) is 19.3 Å². The Hall–Kier alpha value is -3.91. The normalized spacial score (nSPS) is 13.1. The number of amides is 1. The van der Waals surface area contributed by atoms with Crippen LogP contribution < -0.4 is 29.0 Å². The lowest BCUT2D eigenvalue weighted by Gasteiger charge is -2.23. The number of aryl methyl sites for hydroxylation is 1. The molecular formula is C26H27NO7. The molecule has 0 spiro atoms. The maximum atomic E-state index is 13.3. The molecular weight excluding hydrogens is 438 g/mol. The van der Waals surface area contributed by atoms with Crippen molar-refractivity contribution >= 4 is 11.6 Å². The van der Waals surface area contributed by atoms with Crippen LogP contribution in [0.5, 0.6) is 28.7 Å². The zero-order valence-corrected chi connectivity index (χ0v) is 19.5. The molecule has 4 rings (SSSR count). The lowest BCUT2D eigenvalue weighted by Crippen LogP contribution is -2.19. The predicted molar refractivity (Wildman–Crippen MR) is 127 cm³/mol. The Labute approximate surface area is 198 Å². The van der Waals surface area contributed by atoms with Gasteiger partial charge in [-0.05, 0) is 30.7 Å². The largest absolute Gasteiger partial charge is 0.493 e. The highest BCUT2D eigenvalue weighted by atomic mass is 16.6. The van der Waals surface area contributed by atoms with Crippen LogP contribution in [-0.2, 0) is 0 Å². The van der Waals surface area contributed by atoms with Gasteiger partial charge in [0.05, 0.1) is 27.0 Å². The van der Waals surface area contributed by atoms with Crippen LogP contribution in [0.2, 0.25) is 0 Å². The van der Waals surface area contributed by atoms with Gasteiger partial charge in [0.25, 0.3) is 5.91 Å². The van der Waals surface area contributed by atoms with Gasteiger partial charge in [-0.1, -0.05) is 29.8 Å². The Balaban J connectivity index is 1.73. The fourth-order valence-corrected chi connectivity index (χ4v) is 3.77. The molecule has 0 bridgehead atoms. The Bertz CT molecular complexity index is 1170. The molecule has 34 heavy (non-hydrogen) atoms. The van der Waals surface area contributed by atoms with E-state index < -0.39 is 12.0 Å². The van der Waals surface area contributed by atoms with E-state index in [0.29, 0.717) is 64.3 Å². The number of aliphatic hydroxyl groups excluding tert-OH is 1. The molecule has 1 amide bonds. The molecule has 0 aliphatic carbocycles. The van der Waals surface area contributed by atoms with Crippen molar-refractivity contribution < 1.29 is 33.6 Å². The van der Waals surface area contributed by atoms with Gasteiger partial charge in [0, 0.05) is 17.2 Å². The second kappa shape index (κ2) is 9.93. The number of benzene rings is 3. The van der Waals surface area contributed by atoms with Crippen molar-refractivity contribution in [3.63, 3.8) is 0 Å². The molecule has 8 nitrogen and oxygen atoms in total. The maximum absolute atomic E-state index is 13.3. The lowest BCUT2D eigenvalue weighted by molar-refractivity contribution is 0.102. The maximum Gasteiger partial charge on any atom is 0.255 e. The molecule has 0 saturated carbocycles. The average Bonchev–Trinajstić information content (AvgIpc) is 2.87. The van der Waals surface area contributed by atoms with Gasteiger partial charge >= 0.3 is 0 Å². The highest BCUT2D eigenvalue weighted by Crippen LogP contribution is 2.41. The summed E-state index contributed by atoms with van der Waals surface area (Å²) >= 11 is 0. The number of carbonyl (C=O) groups excluding carboxylic acids is 1. The number of methoxy groups -OCH3 is 3. The van der Waals surface area contributed by atoms with E-state index in [1.165, 1.54) is 21.3 Å². The van der Waals surface area contributed by atoms with Gasteiger partial charge in [0.2, 0.25) is 5.75 Å². The number of carbonyl (C=O) groups is 1. The number of rotatable bonds is 7. The van der Waals surface area contributed by atoms with Crippen LogP contribution in [0.4, 0.5) is 5.69 Å². The van der Waals surface area contributed by atoms with E-state index in [9.17, 15) is 9.90 Å². The average molecular weight is 466 g/mol. The summed E-state index contributed by atoms with van der Waals surface area (Å²) in [7, 11) is 4.46. The zero-order valence-electron chi connectivity index (χ0n) is 19.5. The van der Waals surface area contributed by atoms with E-state index in [-0.39, 0.29) is 0 Å². The molecule has 2 N–H and O–H groups in total. The molecule has 1 aliphatic rings. The van der Waals surface area contributed by atoms with Crippen LogP contribution in [0.15, 0.2) is 48.5 Å². The molecule has 178 valence electrons. The minimum atomic E-state index is -0.994. The van der Waals surface area contributed by atoms with Crippen molar-refractivity contribution in [1.82, 2.24) is 0 Å². The molecule has 0 fully saturated rings. The number of hydrogen-bond donors (Lipinski definition) is 2. The van der Waals surface area contributed by atoms with Crippen LogP contribution in [0, 0.1) is 6.92 Å². The van der Waals surface area contributed by atoms with Crippen molar-refractivity contribution in [2.45, 2.75) is 13.0 Å². The third kappa shape index (κ3) is 4.58.